The Morgan fingerprint density at radius 3 is 3.06 bits per heavy atom. The van der Waals surface area contributed by atoms with Crippen LogP contribution in [-0.4, -0.2) is 29.3 Å². The fourth-order valence-corrected chi connectivity index (χ4v) is 3.33. The van der Waals surface area contributed by atoms with Gasteiger partial charge in [-0.25, -0.2) is 0 Å². The highest BCUT2D eigenvalue weighted by atomic mass is 35.5. The van der Waals surface area contributed by atoms with Gasteiger partial charge in [0, 0.05) is 18.5 Å². The van der Waals surface area contributed by atoms with Crippen LogP contribution in [0.5, 0.6) is 0 Å². The first-order valence-corrected chi connectivity index (χ1v) is 7.65. The van der Waals surface area contributed by atoms with E-state index < -0.39 is 0 Å². The lowest BCUT2D eigenvalue weighted by Gasteiger charge is -2.28. The molecule has 0 aliphatic carbocycles. The smallest absolute Gasteiger partial charge is 0.227 e. The number of amides is 1. The number of rotatable bonds is 3. The largest absolute Gasteiger partial charge is 0.338 e. The van der Waals surface area contributed by atoms with Gasteiger partial charge in [0.2, 0.25) is 5.91 Å². The van der Waals surface area contributed by atoms with Crippen molar-refractivity contribution in [3.8, 4) is 0 Å². The quantitative estimate of drug-likeness (QED) is 0.773. The van der Waals surface area contributed by atoms with Crippen molar-refractivity contribution in [1.82, 2.24) is 4.90 Å². The van der Waals surface area contributed by atoms with Gasteiger partial charge in [-0.15, -0.1) is 11.6 Å². The van der Waals surface area contributed by atoms with E-state index in [0.29, 0.717) is 12.3 Å². The van der Waals surface area contributed by atoms with Gasteiger partial charge in [0.05, 0.1) is 6.42 Å². The van der Waals surface area contributed by atoms with Crippen LogP contribution in [-0.2, 0) is 11.2 Å². The Morgan fingerprint density at radius 1 is 1.47 bits per heavy atom. The maximum atomic E-state index is 12.3. The van der Waals surface area contributed by atoms with Crippen LogP contribution in [0.15, 0.2) is 16.8 Å². The zero-order valence-corrected chi connectivity index (χ0v) is 11.5. The predicted molar refractivity (Wildman–Crippen MR) is 72.7 cm³/mol. The summed E-state index contributed by atoms with van der Waals surface area (Å²) in [6.07, 6.45) is 5.10. The number of thiophene rings is 1. The van der Waals surface area contributed by atoms with Crippen LogP contribution in [0.2, 0.25) is 0 Å². The topological polar surface area (TPSA) is 20.3 Å². The van der Waals surface area contributed by atoms with Crippen LogP contribution >= 0.6 is 22.9 Å². The minimum absolute atomic E-state index is 0.232. The standard InChI is InChI=1S/C13H18ClNOS/c14-9-12-4-2-1-3-6-15(12)13(16)8-11-5-7-17-10-11/h5,7,10,12H,1-4,6,8-9H2. The van der Waals surface area contributed by atoms with Crippen LogP contribution in [0.4, 0.5) is 0 Å². The molecule has 17 heavy (non-hydrogen) atoms. The average molecular weight is 272 g/mol. The molecule has 1 fully saturated rings. The van der Waals surface area contributed by atoms with Crippen LogP contribution in [0.1, 0.15) is 31.2 Å². The molecule has 1 saturated heterocycles. The van der Waals surface area contributed by atoms with Gasteiger partial charge < -0.3 is 4.90 Å². The third-order valence-corrected chi connectivity index (χ3v) is 4.40. The Hall–Kier alpha value is -0.540. The van der Waals surface area contributed by atoms with E-state index in [1.807, 2.05) is 21.7 Å². The number of nitrogens with zero attached hydrogens (tertiary/aromatic N) is 1. The van der Waals surface area contributed by atoms with Crippen LogP contribution in [0, 0.1) is 0 Å². The van der Waals surface area contributed by atoms with Crippen molar-refractivity contribution in [2.24, 2.45) is 0 Å². The van der Waals surface area contributed by atoms with E-state index in [1.54, 1.807) is 11.3 Å². The Labute approximate surface area is 112 Å². The van der Waals surface area contributed by atoms with Gasteiger partial charge >= 0.3 is 0 Å². The number of halogens is 1. The summed E-state index contributed by atoms with van der Waals surface area (Å²) in [7, 11) is 0. The summed E-state index contributed by atoms with van der Waals surface area (Å²) in [6.45, 7) is 0.875. The summed E-state index contributed by atoms with van der Waals surface area (Å²) in [6, 6.07) is 2.26. The molecule has 94 valence electrons. The van der Waals surface area contributed by atoms with Gasteiger partial charge in [-0.3, -0.25) is 4.79 Å². The van der Waals surface area contributed by atoms with Gasteiger partial charge in [0.1, 0.15) is 0 Å². The van der Waals surface area contributed by atoms with Crippen molar-refractivity contribution < 1.29 is 4.79 Å². The van der Waals surface area contributed by atoms with Crippen molar-refractivity contribution in [3.63, 3.8) is 0 Å². The molecule has 1 unspecified atom stereocenters. The lowest BCUT2D eigenvalue weighted by molar-refractivity contribution is -0.132. The maximum absolute atomic E-state index is 12.3. The van der Waals surface area contributed by atoms with Crippen molar-refractivity contribution in [2.45, 2.75) is 38.1 Å². The molecule has 1 aliphatic heterocycles. The summed E-state index contributed by atoms with van der Waals surface area (Å²) in [4.78, 5) is 14.3. The summed E-state index contributed by atoms with van der Waals surface area (Å²) in [5, 5.41) is 4.06. The number of hydrogen-bond acceptors (Lipinski definition) is 2. The van der Waals surface area contributed by atoms with E-state index in [1.165, 1.54) is 12.8 Å². The molecule has 0 saturated carbocycles. The lowest BCUT2D eigenvalue weighted by atomic mass is 10.1. The Bertz CT molecular complexity index is 352. The number of alkyl halides is 1. The first-order valence-electron chi connectivity index (χ1n) is 6.18. The van der Waals surface area contributed by atoms with Crippen molar-refractivity contribution in [1.29, 1.82) is 0 Å². The second-order valence-electron chi connectivity index (χ2n) is 4.55. The van der Waals surface area contributed by atoms with Gasteiger partial charge in [-0.1, -0.05) is 12.8 Å². The lowest BCUT2D eigenvalue weighted by Crippen LogP contribution is -2.41. The van der Waals surface area contributed by atoms with Crippen LogP contribution in [0.25, 0.3) is 0 Å². The molecule has 0 spiro atoms. The number of likely N-dealkylation sites (tertiary alicyclic amines) is 1. The summed E-state index contributed by atoms with van der Waals surface area (Å²) < 4.78 is 0. The molecule has 0 aromatic carbocycles. The molecule has 4 heteroatoms. The van der Waals surface area contributed by atoms with Gasteiger partial charge in [-0.2, -0.15) is 11.3 Å². The average Bonchev–Trinajstić information content (AvgIpc) is 2.71. The second-order valence-corrected chi connectivity index (χ2v) is 5.64. The highest BCUT2D eigenvalue weighted by Crippen LogP contribution is 2.19. The third kappa shape index (κ3) is 3.46. The SMILES string of the molecule is O=C(Cc1ccsc1)N1CCCCCC1CCl. The predicted octanol–water partition coefficient (Wildman–Crippen LogP) is 3.30. The first-order chi connectivity index (χ1) is 8.31. The fourth-order valence-electron chi connectivity index (χ4n) is 2.34. The van der Waals surface area contributed by atoms with E-state index in [-0.39, 0.29) is 11.9 Å². The zero-order valence-electron chi connectivity index (χ0n) is 9.90. The molecule has 1 aromatic heterocycles. The van der Waals surface area contributed by atoms with Crippen molar-refractivity contribution >= 4 is 28.8 Å². The summed E-state index contributed by atoms with van der Waals surface area (Å²) >= 11 is 7.62. The molecule has 2 heterocycles. The fraction of sp³-hybridized carbons (Fsp3) is 0.615. The Kier molecular flexibility index (Phi) is 4.86. The second kappa shape index (κ2) is 6.41. The monoisotopic (exact) mass is 271 g/mol. The zero-order chi connectivity index (χ0) is 12.1. The highest BCUT2D eigenvalue weighted by Gasteiger charge is 2.24. The number of carbonyl (C=O) groups excluding carboxylic acids is 1. The normalized spacial score (nSPS) is 21.2. The third-order valence-electron chi connectivity index (χ3n) is 3.31. The summed E-state index contributed by atoms with van der Waals surface area (Å²) in [5.74, 6) is 0.797. The van der Waals surface area contributed by atoms with Gasteiger partial charge in [-0.05, 0) is 35.2 Å². The van der Waals surface area contributed by atoms with Crippen molar-refractivity contribution in [2.75, 3.05) is 12.4 Å². The molecule has 2 rings (SSSR count). The van der Waals surface area contributed by atoms with E-state index in [2.05, 4.69) is 0 Å². The molecule has 1 atom stereocenters. The summed E-state index contributed by atoms with van der Waals surface area (Å²) in [5.41, 5.74) is 1.12. The van der Waals surface area contributed by atoms with Gasteiger partial charge in [0.15, 0.2) is 0 Å². The molecule has 1 aliphatic rings. The Balaban J connectivity index is 2.00. The highest BCUT2D eigenvalue weighted by molar-refractivity contribution is 7.07. The molecular weight excluding hydrogens is 254 g/mol. The van der Waals surface area contributed by atoms with Gasteiger partial charge in [0.25, 0.3) is 0 Å². The Morgan fingerprint density at radius 2 is 2.35 bits per heavy atom. The number of hydrogen-bond donors (Lipinski definition) is 0. The molecule has 2 nitrogen and oxygen atoms in total. The minimum Gasteiger partial charge on any atom is -0.338 e. The van der Waals surface area contributed by atoms with Crippen LogP contribution < -0.4 is 0 Å². The maximum Gasteiger partial charge on any atom is 0.227 e. The molecule has 0 radical (unpaired) electrons. The van der Waals surface area contributed by atoms with E-state index in [0.717, 1.165) is 24.9 Å². The first kappa shape index (κ1) is 12.9. The number of carbonyl (C=O) groups is 1. The molecular formula is C13H18ClNOS. The molecule has 0 bridgehead atoms. The van der Waals surface area contributed by atoms with E-state index in [9.17, 15) is 4.79 Å². The molecule has 1 aromatic rings. The van der Waals surface area contributed by atoms with E-state index >= 15 is 0 Å². The van der Waals surface area contributed by atoms with Crippen molar-refractivity contribution in [3.05, 3.63) is 22.4 Å². The van der Waals surface area contributed by atoms with Crippen LogP contribution in [0.3, 0.4) is 0 Å². The molecule has 0 N–H and O–H groups in total. The van der Waals surface area contributed by atoms with E-state index in [4.69, 9.17) is 11.6 Å². The molecule has 1 amide bonds. The minimum atomic E-state index is 0.232.